The number of rotatable bonds is 6. The molecule has 12 heteroatoms. The largest absolute Gasteiger partial charge is 0.454 e. The van der Waals surface area contributed by atoms with E-state index in [1.54, 1.807) is 0 Å². The van der Waals surface area contributed by atoms with Crippen LogP contribution in [0.25, 0.3) is 0 Å². The molecule has 0 aliphatic heterocycles. The molecule has 162 valence electrons. The van der Waals surface area contributed by atoms with Gasteiger partial charge in [0.2, 0.25) is 5.95 Å². The summed E-state index contributed by atoms with van der Waals surface area (Å²) in [5.74, 6) is 1.57. The smallest absolute Gasteiger partial charge is 0.422 e. The average Bonchev–Trinajstić information content (AvgIpc) is 2.55. The van der Waals surface area contributed by atoms with E-state index in [1.807, 2.05) is 0 Å². The van der Waals surface area contributed by atoms with Gasteiger partial charge in [0.1, 0.15) is 0 Å². The molecule has 4 aliphatic rings. The molecule has 0 saturated heterocycles. The molecule has 29 heavy (non-hydrogen) atoms. The Bertz CT molecular complexity index is 683. The highest BCUT2D eigenvalue weighted by molar-refractivity contribution is 5.34. The Morgan fingerprint density at radius 1 is 0.759 bits per heavy atom. The first kappa shape index (κ1) is 20.3. The van der Waals surface area contributed by atoms with Gasteiger partial charge in [-0.15, -0.1) is 4.98 Å². The van der Waals surface area contributed by atoms with Crippen molar-refractivity contribution in [1.29, 1.82) is 0 Å². The van der Waals surface area contributed by atoms with Gasteiger partial charge in [-0.05, 0) is 56.3 Å². The molecule has 4 bridgehead atoms. The van der Waals surface area contributed by atoms with Crippen LogP contribution >= 0.6 is 0 Å². The molecule has 0 aromatic carbocycles. The van der Waals surface area contributed by atoms with Crippen molar-refractivity contribution in [3.05, 3.63) is 0 Å². The topological polar surface area (TPSA) is 69.2 Å². The Kier molecular flexibility index (Phi) is 4.93. The summed E-state index contributed by atoms with van der Waals surface area (Å²) >= 11 is 0. The van der Waals surface area contributed by atoms with Gasteiger partial charge < -0.3 is 14.8 Å². The molecule has 1 aromatic rings. The van der Waals surface area contributed by atoms with Gasteiger partial charge >= 0.3 is 24.4 Å². The van der Waals surface area contributed by atoms with Crippen molar-refractivity contribution in [3.8, 4) is 12.0 Å². The third-order valence-corrected chi connectivity index (χ3v) is 5.74. The summed E-state index contributed by atoms with van der Waals surface area (Å²) in [4.78, 5) is 11.1. The number of nitrogens with one attached hydrogen (secondary N) is 1. The molecule has 4 fully saturated rings. The first-order valence-electron chi connectivity index (χ1n) is 9.40. The van der Waals surface area contributed by atoms with Crippen LogP contribution in [0.4, 0.5) is 32.3 Å². The Morgan fingerprint density at radius 2 is 1.17 bits per heavy atom. The summed E-state index contributed by atoms with van der Waals surface area (Å²) in [6.45, 7) is -3.35. The first-order valence-corrected chi connectivity index (χ1v) is 9.40. The molecule has 1 aromatic heterocycles. The van der Waals surface area contributed by atoms with E-state index in [0.29, 0.717) is 17.8 Å². The number of hydrogen-bond donors (Lipinski definition) is 1. The highest BCUT2D eigenvalue weighted by Gasteiger charge is 2.51. The predicted molar refractivity (Wildman–Crippen MR) is 87.5 cm³/mol. The fraction of sp³-hybridized carbons (Fsp3) is 0.824. The molecule has 6 nitrogen and oxygen atoms in total. The minimum absolute atomic E-state index is 0.128. The lowest BCUT2D eigenvalue weighted by Crippen LogP contribution is -2.55. The third kappa shape index (κ3) is 5.13. The van der Waals surface area contributed by atoms with E-state index in [1.165, 1.54) is 0 Å². The maximum Gasteiger partial charge on any atom is 0.422 e. The van der Waals surface area contributed by atoms with Crippen molar-refractivity contribution in [2.75, 3.05) is 18.5 Å². The zero-order chi connectivity index (χ0) is 20.9. The van der Waals surface area contributed by atoms with Crippen LogP contribution in [0.3, 0.4) is 0 Å². The normalized spacial score (nSPS) is 31.0. The molecule has 0 amide bonds. The second-order valence-electron chi connectivity index (χ2n) is 8.35. The first-order chi connectivity index (χ1) is 13.5. The SMILES string of the molecule is FC(F)(F)COc1nc(NC23CC4CC(CC(C4)C2)C3)nc(OCC(F)(F)F)n1. The Labute approximate surface area is 162 Å². The van der Waals surface area contributed by atoms with Crippen LogP contribution in [-0.4, -0.2) is 46.1 Å². The fourth-order valence-electron chi connectivity index (χ4n) is 5.32. The van der Waals surface area contributed by atoms with Gasteiger partial charge in [0.15, 0.2) is 13.2 Å². The van der Waals surface area contributed by atoms with Crippen LogP contribution < -0.4 is 14.8 Å². The maximum atomic E-state index is 12.4. The second kappa shape index (κ2) is 7.05. The second-order valence-corrected chi connectivity index (χ2v) is 8.35. The van der Waals surface area contributed by atoms with Crippen LogP contribution in [0.5, 0.6) is 12.0 Å². The van der Waals surface area contributed by atoms with E-state index in [4.69, 9.17) is 0 Å². The fourth-order valence-corrected chi connectivity index (χ4v) is 5.32. The van der Waals surface area contributed by atoms with Crippen LogP contribution in [0.15, 0.2) is 0 Å². The Morgan fingerprint density at radius 3 is 1.55 bits per heavy atom. The Balaban J connectivity index is 1.54. The van der Waals surface area contributed by atoms with E-state index >= 15 is 0 Å². The Hall–Kier alpha value is -2.01. The lowest BCUT2D eigenvalue weighted by Gasteiger charge is -2.56. The standard InChI is InChI=1S/C17H20F6N4O2/c18-16(19,20)7-28-13-24-12(25-14(26-13)29-8-17(21,22)23)27-15-4-9-1-10(5-15)3-11(2-9)6-15/h9-11H,1-8H2,(H,24,25,26,27). The summed E-state index contributed by atoms with van der Waals surface area (Å²) in [5, 5.41) is 3.18. The highest BCUT2D eigenvalue weighted by atomic mass is 19.4. The molecule has 0 atom stereocenters. The number of ether oxygens (including phenoxy) is 2. The molecular weight excluding hydrogens is 406 g/mol. The van der Waals surface area contributed by atoms with Gasteiger partial charge in [-0.3, -0.25) is 0 Å². The lowest BCUT2D eigenvalue weighted by molar-refractivity contribution is -0.156. The summed E-state index contributed by atoms with van der Waals surface area (Å²) in [7, 11) is 0. The van der Waals surface area contributed by atoms with Gasteiger partial charge in [-0.25, -0.2) is 0 Å². The predicted octanol–water partition coefficient (Wildman–Crippen LogP) is 4.13. The zero-order valence-corrected chi connectivity index (χ0v) is 15.3. The van der Waals surface area contributed by atoms with E-state index < -0.39 is 37.6 Å². The van der Waals surface area contributed by atoms with Gasteiger partial charge in [0.05, 0.1) is 0 Å². The van der Waals surface area contributed by atoms with Crippen molar-refractivity contribution in [2.24, 2.45) is 17.8 Å². The minimum Gasteiger partial charge on any atom is -0.454 e. The van der Waals surface area contributed by atoms with E-state index in [2.05, 4.69) is 29.7 Å². The zero-order valence-electron chi connectivity index (χ0n) is 15.3. The van der Waals surface area contributed by atoms with Crippen molar-refractivity contribution in [2.45, 2.75) is 56.4 Å². The van der Waals surface area contributed by atoms with Crippen LogP contribution in [-0.2, 0) is 0 Å². The lowest BCUT2D eigenvalue weighted by atomic mass is 9.53. The molecule has 0 spiro atoms. The maximum absolute atomic E-state index is 12.4. The number of hydrogen-bond acceptors (Lipinski definition) is 6. The number of nitrogens with zero attached hydrogens (tertiary/aromatic N) is 3. The van der Waals surface area contributed by atoms with Crippen molar-refractivity contribution >= 4 is 5.95 Å². The quantitative estimate of drug-likeness (QED) is 0.690. The number of aromatic nitrogens is 3. The van der Waals surface area contributed by atoms with Crippen molar-refractivity contribution in [3.63, 3.8) is 0 Å². The molecule has 0 unspecified atom stereocenters. The van der Waals surface area contributed by atoms with E-state index in [0.717, 1.165) is 38.5 Å². The van der Waals surface area contributed by atoms with E-state index in [-0.39, 0.29) is 11.5 Å². The summed E-state index contributed by atoms with van der Waals surface area (Å²) < 4.78 is 83.7. The van der Waals surface area contributed by atoms with Crippen molar-refractivity contribution < 1.29 is 35.8 Å². The van der Waals surface area contributed by atoms with Gasteiger partial charge in [0.25, 0.3) is 0 Å². The minimum atomic E-state index is -4.65. The summed E-state index contributed by atoms with van der Waals surface area (Å²) in [6.07, 6.45) is -3.17. The molecule has 4 saturated carbocycles. The van der Waals surface area contributed by atoms with Crippen LogP contribution in [0.1, 0.15) is 38.5 Å². The summed E-state index contributed by atoms with van der Waals surface area (Å²) in [5.41, 5.74) is -0.307. The third-order valence-electron chi connectivity index (χ3n) is 5.74. The van der Waals surface area contributed by atoms with E-state index in [9.17, 15) is 26.3 Å². The number of anilines is 1. The number of halogens is 6. The molecule has 1 heterocycles. The highest BCUT2D eigenvalue weighted by Crippen LogP contribution is 2.56. The molecular formula is C17H20F6N4O2. The van der Waals surface area contributed by atoms with Gasteiger partial charge in [-0.2, -0.15) is 36.3 Å². The monoisotopic (exact) mass is 426 g/mol. The van der Waals surface area contributed by atoms with Gasteiger partial charge in [0, 0.05) is 5.54 Å². The van der Waals surface area contributed by atoms with Gasteiger partial charge in [-0.1, -0.05) is 0 Å². The molecule has 4 aliphatic carbocycles. The average molecular weight is 426 g/mol. The molecule has 1 N–H and O–H groups in total. The van der Waals surface area contributed by atoms with Crippen molar-refractivity contribution in [1.82, 2.24) is 15.0 Å². The number of alkyl halides is 6. The van der Waals surface area contributed by atoms with Crippen LogP contribution in [0.2, 0.25) is 0 Å². The molecule has 5 rings (SSSR count). The summed E-state index contributed by atoms with van der Waals surface area (Å²) in [6, 6.07) is -1.47. The molecule has 0 radical (unpaired) electrons. The van der Waals surface area contributed by atoms with Crippen LogP contribution in [0, 0.1) is 17.8 Å².